The van der Waals surface area contributed by atoms with Crippen LogP contribution in [-0.4, -0.2) is 51.2 Å². The number of fused-ring (bicyclic) bond motifs is 1. The van der Waals surface area contributed by atoms with Gasteiger partial charge in [0.2, 0.25) is 0 Å². The molecule has 0 spiro atoms. The highest BCUT2D eigenvalue weighted by Gasteiger charge is 2.14. The monoisotopic (exact) mass is 332 g/mol. The molecule has 7 heteroatoms. The molecule has 6 nitrogen and oxygen atoms in total. The Balaban J connectivity index is 1.59. The smallest absolute Gasteiger partial charge is 0.191 e. The molecule has 0 aromatic carbocycles. The third kappa shape index (κ3) is 4.37. The first-order valence-corrected chi connectivity index (χ1v) is 9.43. The second-order valence-corrected chi connectivity index (χ2v) is 6.76. The highest BCUT2D eigenvalue weighted by molar-refractivity contribution is 7.99. The topological polar surface area (TPSA) is 66.6 Å². The molecule has 2 N–H and O–H groups in total. The van der Waals surface area contributed by atoms with E-state index in [1.807, 2.05) is 40.6 Å². The Bertz CT molecular complexity index is 647. The maximum Gasteiger partial charge on any atom is 0.191 e. The standard InChI is InChI=1S/C16H24N6S/c1-2-17-16(19-13-6-5-11-23-12-13)18-9-8-15-21-20-14-7-3-4-10-22(14)15/h3-4,7,10,13H,2,5-6,8-9,11-12H2,1H3,(H2,17,18,19). The summed E-state index contributed by atoms with van der Waals surface area (Å²) in [4.78, 5) is 4.69. The number of nitrogens with one attached hydrogen (secondary N) is 2. The fourth-order valence-electron chi connectivity index (χ4n) is 2.70. The van der Waals surface area contributed by atoms with E-state index in [9.17, 15) is 0 Å². The van der Waals surface area contributed by atoms with Gasteiger partial charge in [-0.2, -0.15) is 11.8 Å². The van der Waals surface area contributed by atoms with Gasteiger partial charge in [0.1, 0.15) is 5.82 Å². The molecule has 0 amide bonds. The average molecular weight is 332 g/mol. The van der Waals surface area contributed by atoms with Crippen LogP contribution >= 0.6 is 11.8 Å². The fraction of sp³-hybridized carbons (Fsp3) is 0.562. The van der Waals surface area contributed by atoms with Crippen molar-refractivity contribution in [1.82, 2.24) is 25.2 Å². The zero-order chi connectivity index (χ0) is 15.9. The number of guanidine groups is 1. The van der Waals surface area contributed by atoms with Gasteiger partial charge in [-0.15, -0.1) is 10.2 Å². The van der Waals surface area contributed by atoms with Crippen molar-refractivity contribution in [2.45, 2.75) is 32.2 Å². The zero-order valence-corrected chi connectivity index (χ0v) is 14.4. The lowest BCUT2D eigenvalue weighted by atomic mass is 10.2. The Labute approximate surface area is 141 Å². The quantitative estimate of drug-likeness (QED) is 0.645. The van der Waals surface area contributed by atoms with Crippen molar-refractivity contribution in [3.8, 4) is 0 Å². The number of thioether (sulfide) groups is 1. The van der Waals surface area contributed by atoms with E-state index in [4.69, 9.17) is 4.99 Å². The molecule has 0 aliphatic carbocycles. The van der Waals surface area contributed by atoms with E-state index in [1.165, 1.54) is 24.3 Å². The summed E-state index contributed by atoms with van der Waals surface area (Å²) >= 11 is 2.02. The molecule has 1 atom stereocenters. The van der Waals surface area contributed by atoms with Crippen LogP contribution in [-0.2, 0) is 6.42 Å². The van der Waals surface area contributed by atoms with E-state index in [0.717, 1.165) is 30.4 Å². The molecular weight excluding hydrogens is 308 g/mol. The van der Waals surface area contributed by atoms with E-state index in [-0.39, 0.29) is 0 Å². The van der Waals surface area contributed by atoms with Gasteiger partial charge in [-0.25, -0.2) is 0 Å². The van der Waals surface area contributed by atoms with E-state index in [0.29, 0.717) is 12.6 Å². The summed E-state index contributed by atoms with van der Waals surface area (Å²) in [6.07, 6.45) is 5.29. The predicted octanol–water partition coefficient (Wildman–Crippen LogP) is 1.72. The van der Waals surface area contributed by atoms with Crippen LogP contribution in [0.15, 0.2) is 29.4 Å². The summed E-state index contributed by atoms with van der Waals surface area (Å²) in [7, 11) is 0. The highest BCUT2D eigenvalue weighted by atomic mass is 32.2. The predicted molar refractivity (Wildman–Crippen MR) is 96.2 cm³/mol. The first-order chi connectivity index (χ1) is 11.4. The Morgan fingerprint density at radius 1 is 1.43 bits per heavy atom. The number of rotatable bonds is 5. The molecule has 1 saturated heterocycles. The molecule has 23 heavy (non-hydrogen) atoms. The van der Waals surface area contributed by atoms with Crippen molar-refractivity contribution in [3.63, 3.8) is 0 Å². The van der Waals surface area contributed by atoms with E-state index < -0.39 is 0 Å². The average Bonchev–Trinajstić information content (AvgIpc) is 2.99. The number of aromatic nitrogens is 3. The third-order valence-electron chi connectivity index (χ3n) is 3.84. The van der Waals surface area contributed by atoms with Crippen molar-refractivity contribution < 1.29 is 0 Å². The summed E-state index contributed by atoms with van der Waals surface area (Å²) in [5.74, 6) is 4.31. The number of hydrogen-bond acceptors (Lipinski definition) is 4. The van der Waals surface area contributed by atoms with E-state index in [1.54, 1.807) is 0 Å². The van der Waals surface area contributed by atoms with Crippen LogP contribution in [0.5, 0.6) is 0 Å². The van der Waals surface area contributed by atoms with Gasteiger partial charge in [0.15, 0.2) is 11.6 Å². The summed E-state index contributed by atoms with van der Waals surface area (Å²) in [6, 6.07) is 6.46. The minimum Gasteiger partial charge on any atom is -0.357 e. The van der Waals surface area contributed by atoms with Crippen LogP contribution in [0.2, 0.25) is 0 Å². The summed E-state index contributed by atoms with van der Waals surface area (Å²) in [5, 5.41) is 15.3. The SMILES string of the molecule is CCNC(=NCCc1nnc2ccccn12)NC1CCCSC1. The number of hydrogen-bond donors (Lipinski definition) is 2. The third-order valence-corrected chi connectivity index (χ3v) is 5.05. The molecule has 2 aromatic rings. The van der Waals surface area contributed by atoms with Crippen molar-refractivity contribution in [3.05, 3.63) is 30.2 Å². The Morgan fingerprint density at radius 3 is 3.22 bits per heavy atom. The van der Waals surface area contributed by atoms with Gasteiger partial charge in [-0.05, 0) is 37.7 Å². The molecule has 0 radical (unpaired) electrons. The number of aliphatic imine (C=N–C) groups is 1. The van der Waals surface area contributed by atoms with Gasteiger partial charge in [0.05, 0.1) is 0 Å². The molecular formula is C16H24N6S. The van der Waals surface area contributed by atoms with Gasteiger partial charge >= 0.3 is 0 Å². The second kappa shape index (κ2) is 8.19. The van der Waals surface area contributed by atoms with E-state index in [2.05, 4.69) is 27.8 Å². The maximum absolute atomic E-state index is 4.69. The van der Waals surface area contributed by atoms with Gasteiger partial charge in [-0.3, -0.25) is 9.39 Å². The molecule has 3 rings (SSSR count). The van der Waals surface area contributed by atoms with E-state index >= 15 is 0 Å². The van der Waals surface area contributed by atoms with Crippen LogP contribution in [0.4, 0.5) is 0 Å². The molecule has 124 valence electrons. The first-order valence-electron chi connectivity index (χ1n) is 8.28. The number of nitrogens with zero attached hydrogens (tertiary/aromatic N) is 4. The van der Waals surface area contributed by atoms with Gasteiger partial charge in [-0.1, -0.05) is 6.07 Å². The summed E-state index contributed by atoms with van der Waals surface area (Å²) < 4.78 is 2.02. The molecule has 1 unspecified atom stereocenters. The molecule has 1 fully saturated rings. The molecule has 0 bridgehead atoms. The molecule has 1 aliphatic rings. The lowest BCUT2D eigenvalue weighted by Crippen LogP contribution is -2.45. The van der Waals surface area contributed by atoms with Crippen LogP contribution in [0, 0.1) is 0 Å². The van der Waals surface area contributed by atoms with Crippen molar-refractivity contribution in [2.75, 3.05) is 24.6 Å². The minimum absolute atomic E-state index is 0.528. The lowest BCUT2D eigenvalue weighted by molar-refractivity contribution is 0.582. The van der Waals surface area contributed by atoms with Crippen LogP contribution in [0.25, 0.3) is 5.65 Å². The van der Waals surface area contributed by atoms with Crippen LogP contribution < -0.4 is 10.6 Å². The normalized spacial score (nSPS) is 19.0. The largest absolute Gasteiger partial charge is 0.357 e. The lowest BCUT2D eigenvalue weighted by Gasteiger charge is -2.24. The van der Waals surface area contributed by atoms with Gasteiger partial charge < -0.3 is 10.6 Å². The highest BCUT2D eigenvalue weighted by Crippen LogP contribution is 2.16. The maximum atomic E-state index is 4.69. The fourth-order valence-corrected chi connectivity index (χ4v) is 3.77. The molecule has 3 heterocycles. The Kier molecular flexibility index (Phi) is 5.74. The molecule has 1 aliphatic heterocycles. The van der Waals surface area contributed by atoms with Crippen molar-refractivity contribution in [1.29, 1.82) is 0 Å². The second-order valence-electron chi connectivity index (χ2n) is 5.61. The Hall–Kier alpha value is -1.76. The summed E-state index contributed by atoms with van der Waals surface area (Å²) in [5.41, 5.74) is 0.885. The van der Waals surface area contributed by atoms with Gasteiger partial charge in [0.25, 0.3) is 0 Å². The molecule has 2 aromatic heterocycles. The van der Waals surface area contributed by atoms with Gasteiger partial charge in [0, 0.05) is 37.5 Å². The minimum atomic E-state index is 0.528. The first kappa shape index (κ1) is 16.1. The van der Waals surface area contributed by atoms with Crippen molar-refractivity contribution >= 4 is 23.4 Å². The number of pyridine rings is 1. The zero-order valence-electron chi connectivity index (χ0n) is 13.5. The van der Waals surface area contributed by atoms with Crippen LogP contribution in [0.1, 0.15) is 25.6 Å². The Morgan fingerprint density at radius 2 is 2.39 bits per heavy atom. The van der Waals surface area contributed by atoms with Crippen LogP contribution in [0.3, 0.4) is 0 Å². The molecule has 0 saturated carbocycles. The van der Waals surface area contributed by atoms with Crippen molar-refractivity contribution in [2.24, 2.45) is 4.99 Å². The summed E-state index contributed by atoms with van der Waals surface area (Å²) in [6.45, 7) is 3.67.